The molecular weight excluding hydrogens is 398 g/mol. The minimum absolute atomic E-state index is 0.0269. The molecule has 162 valence electrons. The van der Waals surface area contributed by atoms with Crippen LogP contribution in [-0.2, 0) is 11.2 Å². The Morgan fingerprint density at radius 1 is 1.19 bits per heavy atom. The highest BCUT2D eigenvalue weighted by Crippen LogP contribution is 2.29. The Morgan fingerprint density at radius 3 is 2.77 bits per heavy atom. The van der Waals surface area contributed by atoms with E-state index in [-0.39, 0.29) is 11.8 Å². The molecule has 31 heavy (non-hydrogen) atoms. The molecule has 4 rings (SSSR count). The molecule has 0 saturated carbocycles. The summed E-state index contributed by atoms with van der Waals surface area (Å²) >= 11 is 0. The van der Waals surface area contributed by atoms with E-state index in [9.17, 15) is 4.79 Å². The van der Waals surface area contributed by atoms with E-state index in [1.165, 1.54) is 0 Å². The van der Waals surface area contributed by atoms with Crippen molar-refractivity contribution in [3.05, 3.63) is 47.7 Å². The number of methoxy groups -OCH3 is 2. The number of benzene rings is 1. The standard InChI is InChI=1S/C22H25N5O4/c1-14-11-24-17(12-23-14)22-25-21(26-31-22)16-5-4-8-27(13-16)20(28)10-15-6-7-18(29-2)19(9-15)30-3/h6-7,9,11-12,16H,4-5,8,10,13H2,1-3H3. The van der Waals surface area contributed by atoms with Gasteiger partial charge < -0.3 is 18.9 Å². The molecule has 0 bridgehead atoms. The molecule has 3 aromatic rings. The molecule has 9 heteroatoms. The number of aromatic nitrogens is 4. The minimum Gasteiger partial charge on any atom is -0.493 e. The zero-order valence-corrected chi connectivity index (χ0v) is 17.9. The van der Waals surface area contributed by atoms with Crippen molar-refractivity contribution < 1.29 is 18.8 Å². The van der Waals surface area contributed by atoms with Crippen LogP contribution in [0.4, 0.5) is 0 Å². The average molecular weight is 423 g/mol. The van der Waals surface area contributed by atoms with Gasteiger partial charge in [0.15, 0.2) is 17.3 Å². The summed E-state index contributed by atoms with van der Waals surface area (Å²) in [6, 6.07) is 5.54. The molecule has 1 aliphatic rings. The van der Waals surface area contributed by atoms with Gasteiger partial charge in [-0.3, -0.25) is 9.78 Å². The van der Waals surface area contributed by atoms with Crippen LogP contribution in [0.25, 0.3) is 11.6 Å². The Morgan fingerprint density at radius 2 is 2.03 bits per heavy atom. The Hall–Kier alpha value is -3.49. The molecule has 0 spiro atoms. The van der Waals surface area contributed by atoms with Crippen molar-refractivity contribution in [1.82, 2.24) is 25.0 Å². The largest absolute Gasteiger partial charge is 0.493 e. The first-order valence-corrected chi connectivity index (χ1v) is 10.2. The minimum atomic E-state index is 0.0269. The van der Waals surface area contributed by atoms with Gasteiger partial charge in [-0.25, -0.2) is 4.98 Å². The third-order valence-corrected chi connectivity index (χ3v) is 5.38. The maximum Gasteiger partial charge on any atom is 0.278 e. The Balaban J connectivity index is 1.43. The second-order valence-corrected chi connectivity index (χ2v) is 7.55. The number of carbonyl (C=O) groups excluding carboxylic acids is 1. The van der Waals surface area contributed by atoms with Crippen molar-refractivity contribution in [3.8, 4) is 23.1 Å². The second-order valence-electron chi connectivity index (χ2n) is 7.55. The summed E-state index contributed by atoms with van der Waals surface area (Å²) in [5.41, 5.74) is 2.24. The van der Waals surface area contributed by atoms with E-state index >= 15 is 0 Å². The number of carbonyl (C=O) groups is 1. The van der Waals surface area contributed by atoms with Gasteiger partial charge >= 0.3 is 0 Å². The second kappa shape index (κ2) is 9.11. The molecule has 1 aliphatic heterocycles. The number of amides is 1. The molecule has 2 aromatic heterocycles. The van der Waals surface area contributed by atoms with Crippen LogP contribution in [-0.4, -0.2) is 58.2 Å². The fraction of sp³-hybridized carbons (Fsp3) is 0.409. The number of hydrogen-bond acceptors (Lipinski definition) is 8. The molecule has 1 fully saturated rings. The van der Waals surface area contributed by atoms with E-state index in [2.05, 4.69) is 20.1 Å². The summed E-state index contributed by atoms with van der Waals surface area (Å²) < 4.78 is 16.0. The lowest BCUT2D eigenvalue weighted by Gasteiger charge is -2.31. The third kappa shape index (κ3) is 4.65. The maximum absolute atomic E-state index is 12.9. The van der Waals surface area contributed by atoms with Gasteiger partial charge in [0, 0.05) is 25.2 Å². The SMILES string of the molecule is COc1ccc(CC(=O)N2CCCC(c3noc(-c4cnc(C)cn4)n3)C2)cc1OC. The summed E-state index contributed by atoms with van der Waals surface area (Å²) in [4.78, 5) is 27.8. The van der Waals surface area contributed by atoms with E-state index < -0.39 is 0 Å². The van der Waals surface area contributed by atoms with Gasteiger partial charge in [-0.05, 0) is 37.5 Å². The molecule has 1 saturated heterocycles. The average Bonchev–Trinajstić information content (AvgIpc) is 3.30. The highest BCUT2D eigenvalue weighted by atomic mass is 16.5. The van der Waals surface area contributed by atoms with Crippen molar-refractivity contribution in [2.24, 2.45) is 0 Å². The van der Waals surface area contributed by atoms with Crippen LogP contribution in [0.1, 0.15) is 35.8 Å². The molecule has 9 nitrogen and oxygen atoms in total. The first kappa shape index (κ1) is 20.8. The van der Waals surface area contributed by atoms with E-state index in [4.69, 9.17) is 14.0 Å². The summed E-state index contributed by atoms with van der Waals surface area (Å²) in [6.07, 6.45) is 5.36. The lowest BCUT2D eigenvalue weighted by atomic mass is 9.96. The van der Waals surface area contributed by atoms with Crippen LogP contribution in [0.5, 0.6) is 11.5 Å². The predicted octanol–water partition coefficient (Wildman–Crippen LogP) is 2.80. The predicted molar refractivity (Wildman–Crippen MR) is 112 cm³/mol. The van der Waals surface area contributed by atoms with Crippen molar-refractivity contribution >= 4 is 5.91 Å². The smallest absolute Gasteiger partial charge is 0.278 e. The highest BCUT2D eigenvalue weighted by molar-refractivity contribution is 5.79. The van der Waals surface area contributed by atoms with Crippen molar-refractivity contribution in [2.45, 2.75) is 32.1 Å². The Labute approximate surface area is 180 Å². The first-order valence-electron chi connectivity index (χ1n) is 10.2. The van der Waals surface area contributed by atoms with Gasteiger partial charge in [-0.15, -0.1) is 0 Å². The number of likely N-dealkylation sites (tertiary alicyclic amines) is 1. The molecule has 0 radical (unpaired) electrons. The monoisotopic (exact) mass is 423 g/mol. The summed E-state index contributed by atoms with van der Waals surface area (Å²) in [5.74, 6) is 2.28. The van der Waals surface area contributed by atoms with Crippen LogP contribution < -0.4 is 9.47 Å². The van der Waals surface area contributed by atoms with Crippen LogP contribution in [0, 0.1) is 6.92 Å². The van der Waals surface area contributed by atoms with Gasteiger partial charge in [0.1, 0.15) is 5.69 Å². The topological polar surface area (TPSA) is 103 Å². The van der Waals surface area contributed by atoms with Gasteiger partial charge in [0.05, 0.1) is 32.5 Å². The van der Waals surface area contributed by atoms with E-state index in [1.54, 1.807) is 26.6 Å². The van der Waals surface area contributed by atoms with E-state index in [1.807, 2.05) is 30.0 Å². The van der Waals surface area contributed by atoms with Crippen LogP contribution >= 0.6 is 0 Å². The van der Waals surface area contributed by atoms with Gasteiger partial charge in [0.2, 0.25) is 5.91 Å². The molecule has 0 aliphatic carbocycles. The van der Waals surface area contributed by atoms with Crippen molar-refractivity contribution in [2.75, 3.05) is 27.3 Å². The fourth-order valence-electron chi connectivity index (χ4n) is 3.70. The molecule has 1 unspecified atom stereocenters. The molecule has 1 amide bonds. The maximum atomic E-state index is 12.9. The zero-order chi connectivity index (χ0) is 21.8. The summed E-state index contributed by atoms with van der Waals surface area (Å²) in [5, 5.41) is 4.14. The molecule has 3 heterocycles. The normalized spacial score (nSPS) is 16.2. The highest BCUT2D eigenvalue weighted by Gasteiger charge is 2.28. The molecule has 1 aromatic carbocycles. The number of ether oxygens (including phenoxy) is 2. The Kier molecular flexibility index (Phi) is 6.11. The van der Waals surface area contributed by atoms with Crippen molar-refractivity contribution in [3.63, 3.8) is 0 Å². The number of hydrogen-bond donors (Lipinski definition) is 0. The van der Waals surface area contributed by atoms with Crippen LogP contribution in [0.15, 0.2) is 35.1 Å². The zero-order valence-electron chi connectivity index (χ0n) is 17.9. The van der Waals surface area contributed by atoms with Crippen molar-refractivity contribution in [1.29, 1.82) is 0 Å². The number of rotatable bonds is 6. The van der Waals surface area contributed by atoms with E-state index in [0.717, 1.165) is 30.6 Å². The number of aryl methyl sites for hydroxylation is 1. The number of piperidine rings is 1. The Bertz CT molecular complexity index is 1050. The lowest BCUT2D eigenvalue weighted by molar-refractivity contribution is -0.131. The fourth-order valence-corrected chi connectivity index (χ4v) is 3.70. The number of nitrogens with zero attached hydrogens (tertiary/aromatic N) is 5. The quantitative estimate of drug-likeness (QED) is 0.596. The molecule has 1 atom stereocenters. The van der Waals surface area contributed by atoms with E-state index in [0.29, 0.717) is 41.9 Å². The molecular formula is C22H25N5O4. The summed E-state index contributed by atoms with van der Waals surface area (Å²) in [6.45, 7) is 3.15. The molecule has 0 N–H and O–H groups in total. The first-order chi connectivity index (χ1) is 15.1. The third-order valence-electron chi connectivity index (χ3n) is 5.38. The van der Waals surface area contributed by atoms with Gasteiger partial charge in [-0.1, -0.05) is 11.2 Å². The van der Waals surface area contributed by atoms with Gasteiger partial charge in [-0.2, -0.15) is 4.98 Å². The summed E-state index contributed by atoms with van der Waals surface area (Å²) in [7, 11) is 3.17. The van der Waals surface area contributed by atoms with Gasteiger partial charge in [0.25, 0.3) is 5.89 Å². The van der Waals surface area contributed by atoms with Crippen LogP contribution in [0.3, 0.4) is 0 Å². The van der Waals surface area contributed by atoms with Crippen LogP contribution in [0.2, 0.25) is 0 Å². The lowest BCUT2D eigenvalue weighted by Crippen LogP contribution is -2.40.